The van der Waals surface area contributed by atoms with Gasteiger partial charge in [0.1, 0.15) is 22.7 Å². The van der Waals surface area contributed by atoms with Crippen molar-refractivity contribution >= 4 is 50.0 Å². The van der Waals surface area contributed by atoms with E-state index in [1.165, 1.54) is 10.4 Å². The molecule has 3 heterocycles. The third kappa shape index (κ3) is 4.50. The van der Waals surface area contributed by atoms with E-state index in [4.69, 9.17) is 4.74 Å². The molecule has 0 fully saturated rings. The van der Waals surface area contributed by atoms with Crippen molar-refractivity contribution < 1.29 is 9.53 Å². The van der Waals surface area contributed by atoms with Crippen LogP contribution in [0.25, 0.3) is 21.1 Å². The van der Waals surface area contributed by atoms with Crippen molar-refractivity contribution in [3.8, 4) is 5.75 Å². The molecule has 0 saturated carbocycles. The highest BCUT2D eigenvalue weighted by atomic mass is 32.1. The Morgan fingerprint density at radius 1 is 1.31 bits per heavy atom. The predicted molar refractivity (Wildman–Crippen MR) is 140 cm³/mol. The Hall–Kier alpha value is -3.40. The maximum Gasteiger partial charge on any atom is 0.317 e. The van der Waals surface area contributed by atoms with Crippen LogP contribution in [0.1, 0.15) is 44.6 Å². The van der Waals surface area contributed by atoms with E-state index in [1.54, 1.807) is 23.9 Å². The number of aryl methyl sites for hydroxylation is 1. The molecule has 3 aromatic heterocycles. The maximum atomic E-state index is 12.8. The van der Waals surface area contributed by atoms with Gasteiger partial charge in [-0.3, -0.25) is 5.10 Å². The Morgan fingerprint density at radius 3 is 2.94 bits per heavy atom. The molecule has 184 valence electrons. The first kappa shape index (κ1) is 23.3. The van der Waals surface area contributed by atoms with Crippen LogP contribution >= 0.6 is 11.3 Å². The van der Waals surface area contributed by atoms with Crippen LogP contribution in [0.2, 0.25) is 0 Å². The topological polar surface area (TPSA) is 108 Å². The van der Waals surface area contributed by atoms with Gasteiger partial charge in [-0.15, -0.1) is 11.3 Å². The summed E-state index contributed by atoms with van der Waals surface area (Å²) < 4.78 is 5.89. The Kier molecular flexibility index (Phi) is 6.46. The van der Waals surface area contributed by atoms with Gasteiger partial charge in [-0.2, -0.15) is 5.10 Å². The lowest BCUT2D eigenvalue weighted by atomic mass is 9.93. The number of amides is 2. The molecule has 4 aromatic rings. The number of fused-ring (bicyclic) bond motifs is 4. The third-order valence-electron chi connectivity index (χ3n) is 6.49. The molecule has 1 aromatic carbocycles. The first-order chi connectivity index (χ1) is 17.0. The molecule has 1 atom stereocenters. The van der Waals surface area contributed by atoms with Crippen LogP contribution < -0.4 is 15.4 Å². The summed E-state index contributed by atoms with van der Waals surface area (Å²) in [5.74, 6) is 1.52. The van der Waals surface area contributed by atoms with Crippen LogP contribution in [0, 0.1) is 0 Å². The number of hydrogen-bond donors (Lipinski definition) is 3. The molecule has 35 heavy (non-hydrogen) atoms. The molecule has 1 aliphatic carbocycles. The molecule has 3 N–H and O–H groups in total. The summed E-state index contributed by atoms with van der Waals surface area (Å²) in [6, 6.07) is 4.29. The monoisotopic (exact) mass is 493 g/mol. The van der Waals surface area contributed by atoms with E-state index in [1.807, 2.05) is 44.7 Å². The molecule has 1 unspecified atom stereocenters. The largest absolute Gasteiger partial charge is 0.492 e. The number of benzene rings is 1. The van der Waals surface area contributed by atoms with Gasteiger partial charge in [0.05, 0.1) is 29.4 Å². The molecule has 9 nitrogen and oxygen atoms in total. The minimum Gasteiger partial charge on any atom is -0.492 e. The standard InChI is InChI=1S/C25H31N7O2S/c1-5-32(14(3)4)25(33)29-16-7-8-17-21(10-16)35-24-22(17)23(26-13-27-24)30-19-9-15-12-28-31-18(15)11-20(19)34-6-2/h9,11-14,16H,5-8,10H2,1-4H3,(H,28,31)(H,29,33)(H,26,27,30). The lowest BCUT2D eigenvalue weighted by molar-refractivity contribution is 0.181. The van der Waals surface area contributed by atoms with E-state index in [2.05, 4.69) is 30.8 Å². The summed E-state index contributed by atoms with van der Waals surface area (Å²) in [6.07, 6.45) is 5.97. The minimum absolute atomic E-state index is 0.0114. The highest BCUT2D eigenvalue weighted by Crippen LogP contribution is 2.40. The zero-order valence-electron chi connectivity index (χ0n) is 20.5. The molecule has 0 saturated heterocycles. The van der Waals surface area contributed by atoms with Crippen molar-refractivity contribution in [2.24, 2.45) is 0 Å². The van der Waals surface area contributed by atoms with E-state index < -0.39 is 0 Å². The fourth-order valence-electron chi connectivity index (χ4n) is 4.80. The van der Waals surface area contributed by atoms with Crippen LogP contribution in [0.15, 0.2) is 24.7 Å². The number of ether oxygens (including phenoxy) is 1. The number of carbonyl (C=O) groups is 1. The number of aromatic nitrogens is 4. The minimum atomic E-state index is 0.0114. The summed E-state index contributed by atoms with van der Waals surface area (Å²) in [5.41, 5.74) is 3.04. The van der Waals surface area contributed by atoms with Gasteiger partial charge in [-0.25, -0.2) is 14.8 Å². The van der Waals surface area contributed by atoms with Crippen LogP contribution in [-0.4, -0.2) is 56.3 Å². The van der Waals surface area contributed by atoms with Crippen LogP contribution in [-0.2, 0) is 12.8 Å². The van der Waals surface area contributed by atoms with Gasteiger partial charge >= 0.3 is 6.03 Å². The molecular formula is C25H31N7O2S. The Balaban J connectivity index is 1.43. The normalized spacial score (nSPS) is 15.4. The lowest BCUT2D eigenvalue weighted by Crippen LogP contribution is -2.48. The number of carbonyl (C=O) groups excluding carboxylic acids is 1. The van der Waals surface area contributed by atoms with Gasteiger partial charge in [-0.1, -0.05) is 0 Å². The van der Waals surface area contributed by atoms with E-state index in [0.29, 0.717) is 13.2 Å². The number of rotatable bonds is 7. The van der Waals surface area contributed by atoms with Crippen LogP contribution in [0.3, 0.4) is 0 Å². The number of H-pyrrole nitrogens is 1. The first-order valence-electron chi connectivity index (χ1n) is 12.2. The summed E-state index contributed by atoms with van der Waals surface area (Å²) in [7, 11) is 0. The molecule has 0 aliphatic heterocycles. The van der Waals surface area contributed by atoms with E-state index in [-0.39, 0.29) is 18.1 Å². The lowest BCUT2D eigenvalue weighted by Gasteiger charge is -2.30. The van der Waals surface area contributed by atoms with Crippen LogP contribution in [0.4, 0.5) is 16.3 Å². The van der Waals surface area contributed by atoms with Crippen molar-refractivity contribution in [1.82, 2.24) is 30.4 Å². The van der Waals surface area contributed by atoms with Crippen molar-refractivity contribution in [3.63, 3.8) is 0 Å². The van der Waals surface area contributed by atoms with Gasteiger partial charge in [0.15, 0.2) is 0 Å². The van der Waals surface area contributed by atoms with Crippen LogP contribution in [0.5, 0.6) is 5.75 Å². The molecule has 0 radical (unpaired) electrons. The average Bonchev–Trinajstić information content (AvgIpc) is 3.43. The Bertz CT molecular complexity index is 1360. The molecule has 0 bridgehead atoms. The Labute approximate surface area is 208 Å². The summed E-state index contributed by atoms with van der Waals surface area (Å²) in [5, 5.41) is 15.9. The highest BCUT2D eigenvalue weighted by Gasteiger charge is 2.28. The smallest absolute Gasteiger partial charge is 0.317 e. The van der Waals surface area contributed by atoms with Gasteiger partial charge in [0, 0.05) is 41.4 Å². The second-order valence-corrected chi connectivity index (χ2v) is 10.1. The molecule has 1 aliphatic rings. The van der Waals surface area contributed by atoms with Crippen molar-refractivity contribution in [2.75, 3.05) is 18.5 Å². The van der Waals surface area contributed by atoms with Crippen molar-refractivity contribution in [3.05, 3.63) is 35.1 Å². The van der Waals surface area contributed by atoms with E-state index >= 15 is 0 Å². The number of aromatic amines is 1. The molecule has 10 heteroatoms. The number of hydrogen-bond acceptors (Lipinski definition) is 7. The molecule has 5 rings (SSSR count). The molecular weight excluding hydrogens is 462 g/mol. The van der Waals surface area contributed by atoms with Gasteiger partial charge in [0.2, 0.25) is 0 Å². The number of urea groups is 1. The van der Waals surface area contributed by atoms with Crippen molar-refractivity contribution in [1.29, 1.82) is 0 Å². The zero-order chi connectivity index (χ0) is 24.5. The van der Waals surface area contributed by atoms with Gasteiger partial charge in [-0.05, 0) is 52.2 Å². The number of nitrogens with one attached hydrogen (secondary N) is 3. The Morgan fingerprint density at radius 2 is 2.17 bits per heavy atom. The summed E-state index contributed by atoms with van der Waals surface area (Å²) in [6.45, 7) is 9.32. The summed E-state index contributed by atoms with van der Waals surface area (Å²) >= 11 is 1.69. The van der Waals surface area contributed by atoms with E-state index in [0.717, 1.165) is 57.6 Å². The number of thiophene rings is 1. The predicted octanol–water partition coefficient (Wildman–Crippen LogP) is 5.01. The number of anilines is 2. The zero-order valence-corrected chi connectivity index (χ0v) is 21.3. The second-order valence-electron chi connectivity index (χ2n) is 9.04. The average molecular weight is 494 g/mol. The summed E-state index contributed by atoms with van der Waals surface area (Å²) in [4.78, 5) is 26.0. The SMILES string of the molecule is CCOc1cc2[nH]ncc2cc1Nc1ncnc2sc3c(c12)CCC(NC(=O)N(CC)C(C)C)C3. The second kappa shape index (κ2) is 9.69. The fourth-order valence-corrected chi connectivity index (χ4v) is 6.07. The first-order valence-corrected chi connectivity index (χ1v) is 13.0. The van der Waals surface area contributed by atoms with Gasteiger partial charge in [0.25, 0.3) is 0 Å². The molecule has 0 spiro atoms. The number of nitrogens with zero attached hydrogens (tertiary/aromatic N) is 4. The van der Waals surface area contributed by atoms with Gasteiger partial charge < -0.3 is 20.3 Å². The maximum absolute atomic E-state index is 12.8. The quantitative estimate of drug-likeness (QED) is 0.334. The van der Waals surface area contributed by atoms with Crippen molar-refractivity contribution in [2.45, 2.75) is 59.0 Å². The molecule has 2 amide bonds. The highest BCUT2D eigenvalue weighted by molar-refractivity contribution is 7.19. The third-order valence-corrected chi connectivity index (χ3v) is 7.65. The van der Waals surface area contributed by atoms with E-state index in [9.17, 15) is 4.79 Å². The fraction of sp³-hybridized carbons (Fsp3) is 0.440.